The highest BCUT2D eigenvalue weighted by atomic mass is 35.5. The number of tetrazole rings is 1. The molecule has 1 aromatic carbocycles. The first-order chi connectivity index (χ1) is 7.58. The Morgan fingerprint density at radius 2 is 1.81 bits per heavy atom. The average Bonchev–Trinajstić information content (AvgIpc) is 2.63. The third-order valence-corrected chi connectivity index (χ3v) is 2.57. The Morgan fingerprint density at radius 3 is 2.38 bits per heavy atom. The minimum Gasteiger partial charge on any atom is -0.196 e. The third kappa shape index (κ3) is 2.29. The number of alkyl halides is 1. The second-order valence-corrected chi connectivity index (χ2v) is 4.72. The second kappa shape index (κ2) is 4.57. The molecule has 0 aliphatic rings. The summed E-state index contributed by atoms with van der Waals surface area (Å²) in [5.41, 5.74) is 0.685. The van der Waals surface area contributed by atoms with Gasteiger partial charge in [-0.2, -0.15) is 4.68 Å². The second-order valence-electron chi connectivity index (χ2n) is 3.19. The fraction of sp³-hybridized carbons (Fsp3) is 0.222. The van der Waals surface area contributed by atoms with E-state index in [1.54, 1.807) is 25.1 Å². The molecule has 2 aromatic rings. The van der Waals surface area contributed by atoms with E-state index in [0.29, 0.717) is 21.6 Å². The van der Waals surface area contributed by atoms with Crippen LogP contribution in [0.25, 0.3) is 5.69 Å². The van der Waals surface area contributed by atoms with Crippen LogP contribution in [0.15, 0.2) is 18.2 Å². The Balaban J connectivity index is 2.54. The summed E-state index contributed by atoms with van der Waals surface area (Å²) < 4.78 is 1.51. The highest BCUT2D eigenvalue weighted by Crippen LogP contribution is 2.24. The number of rotatable bonds is 2. The monoisotopic (exact) mass is 276 g/mol. The van der Waals surface area contributed by atoms with E-state index in [1.807, 2.05) is 0 Å². The normalized spacial score (nSPS) is 12.8. The Bertz CT molecular complexity index is 489. The van der Waals surface area contributed by atoms with E-state index in [2.05, 4.69) is 15.5 Å². The van der Waals surface area contributed by atoms with Crippen molar-refractivity contribution in [3.05, 3.63) is 34.1 Å². The highest BCUT2D eigenvalue weighted by molar-refractivity contribution is 6.34. The molecule has 2 rings (SSSR count). The van der Waals surface area contributed by atoms with Crippen molar-refractivity contribution in [2.45, 2.75) is 12.3 Å². The zero-order valence-electron chi connectivity index (χ0n) is 8.23. The summed E-state index contributed by atoms with van der Waals surface area (Å²) in [6.07, 6.45) is 0. The summed E-state index contributed by atoms with van der Waals surface area (Å²) in [5.74, 6) is 0.542. The molecule has 0 amide bonds. The quantitative estimate of drug-likeness (QED) is 0.791. The van der Waals surface area contributed by atoms with Gasteiger partial charge in [0, 0.05) is 10.0 Å². The van der Waals surface area contributed by atoms with Crippen LogP contribution in [-0.2, 0) is 0 Å². The van der Waals surface area contributed by atoms with Gasteiger partial charge in [0.15, 0.2) is 5.82 Å². The molecule has 0 aliphatic carbocycles. The van der Waals surface area contributed by atoms with Crippen molar-refractivity contribution < 1.29 is 0 Å². The van der Waals surface area contributed by atoms with Gasteiger partial charge in [-0.1, -0.05) is 23.2 Å². The van der Waals surface area contributed by atoms with E-state index in [9.17, 15) is 0 Å². The van der Waals surface area contributed by atoms with Gasteiger partial charge in [-0.05, 0) is 35.5 Å². The van der Waals surface area contributed by atoms with Crippen LogP contribution < -0.4 is 0 Å². The average molecular weight is 278 g/mol. The van der Waals surface area contributed by atoms with E-state index in [4.69, 9.17) is 34.8 Å². The molecule has 1 atom stereocenters. The Hall–Kier alpha value is -0.840. The van der Waals surface area contributed by atoms with Gasteiger partial charge >= 0.3 is 0 Å². The minimum atomic E-state index is -0.298. The summed E-state index contributed by atoms with van der Waals surface area (Å²) in [6, 6.07) is 5.07. The van der Waals surface area contributed by atoms with Gasteiger partial charge in [0.25, 0.3) is 0 Å². The lowest BCUT2D eigenvalue weighted by atomic mass is 10.3. The van der Waals surface area contributed by atoms with Gasteiger partial charge < -0.3 is 0 Å². The molecule has 0 saturated heterocycles. The van der Waals surface area contributed by atoms with Crippen LogP contribution in [0.5, 0.6) is 0 Å². The molecule has 4 nitrogen and oxygen atoms in total. The van der Waals surface area contributed by atoms with E-state index in [1.165, 1.54) is 4.68 Å². The summed E-state index contributed by atoms with van der Waals surface area (Å²) in [5, 5.41) is 12.0. The molecule has 0 saturated carbocycles. The Morgan fingerprint density at radius 1 is 1.19 bits per heavy atom. The zero-order chi connectivity index (χ0) is 11.7. The first-order valence-corrected chi connectivity index (χ1v) is 5.66. The highest BCUT2D eigenvalue weighted by Gasteiger charge is 2.13. The fourth-order valence-corrected chi connectivity index (χ4v) is 1.94. The van der Waals surface area contributed by atoms with Gasteiger partial charge in [-0.25, -0.2) is 0 Å². The van der Waals surface area contributed by atoms with Crippen LogP contribution in [0, 0.1) is 0 Å². The minimum absolute atomic E-state index is 0.298. The first-order valence-electron chi connectivity index (χ1n) is 4.47. The Labute approximate surface area is 107 Å². The number of aromatic nitrogens is 4. The molecule has 84 valence electrons. The lowest BCUT2D eigenvalue weighted by molar-refractivity contribution is 0.761. The topological polar surface area (TPSA) is 43.6 Å². The maximum atomic E-state index is 5.95. The van der Waals surface area contributed by atoms with Gasteiger partial charge in [0.05, 0.1) is 11.1 Å². The van der Waals surface area contributed by atoms with Gasteiger partial charge in [0.1, 0.15) is 0 Å². The van der Waals surface area contributed by atoms with Crippen molar-refractivity contribution in [2.24, 2.45) is 0 Å². The molecule has 1 unspecified atom stereocenters. The lowest BCUT2D eigenvalue weighted by Crippen LogP contribution is -2.03. The van der Waals surface area contributed by atoms with E-state index < -0.39 is 0 Å². The summed E-state index contributed by atoms with van der Waals surface area (Å²) in [4.78, 5) is 0. The molecule has 16 heavy (non-hydrogen) atoms. The summed E-state index contributed by atoms with van der Waals surface area (Å²) in [6.45, 7) is 1.79. The van der Waals surface area contributed by atoms with E-state index in [0.717, 1.165) is 0 Å². The zero-order valence-corrected chi connectivity index (χ0v) is 10.5. The van der Waals surface area contributed by atoms with Crippen molar-refractivity contribution >= 4 is 34.8 Å². The largest absolute Gasteiger partial charge is 0.196 e. The van der Waals surface area contributed by atoms with Gasteiger partial charge in [-0.3, -0.25) is 0 Å². The Kier molecular flexibility index (Phi) is 3.33. The van der Waals surface area contributed by atoms with Crippen LogP contribution in [0.2, 0.25) is 10.0 Å². The van der Waals surface area contributed by atoms with Gasteiger partial charge in [0.2, 0.25) is 0 Å². The number of benzene rings is 1. The number of halogens is 3. The molecule has 1 heterocycles. The van der Waals surface area contributed by atoms with Crippen LogP contribution in [0.3, 0.4) is 0 Å². The van der Waals surface area contributed by atoms with Gasteiger partial charge in [-0.15, -0.1) is 16.7 Å². The first kappa shape index (κ1) is 11.6. The predicted octanol–water partition coefficient (Wildman–Crippen LogP) is 3.27. The molecule has 1 aromatic heterocycles. The number of hydrogen-bond donors (Lipinski definition) is 0. The lowest BCUT2D eigenvalue weighted by Gasteiger charge is -2.06. The SMILES string of the molecule is CC(Cl)c1nnnn1-c1cc(Cl)cc(Cl)c1. The predicted molar refractivity (Wildman–Crippen MR) is 63.4 cm³/mol. The number of hydrogen-bond acceptors (Lipinski definition) is 3. The standard InChI is InChI=1S/C9H7Cl3N4/c1-5(10)9-13-14-15-16(9)8-3-6(11)2-7(12)4-8/h2-5H,1H3. The van der Waals surface area contributed by atoms with E-state index in [-0.39, 0.29) is 5.38 Å². The van der Waals surface area contributed by atoms with Crippen molar-refractivity contribution in [3.63, 3.8) is 0 Å². The van der Waals surface area contributed by atoms with Crippen molar-refractivity contribution in [3.8, 4) is 5.69 Å². The maximum absolute atomic E-state index is 5.95. The summed E-state index contributed by atoms with van der Waals surface area (Å²) in [7, 11) is 0. The molecule has 0 radical (unpaired) electrons. The molecule has 7 heteroatoms. The van der Waals surface area contributed by atoms with Crippen LogP contribution in [-0.4, -0.2) is 20.2 Å². The molecule has 0 bridgehead atoms. The molecule has 0 N–H and O–H groups in total. The van der Waals surface area contributed by atoms with Crippen LogP contribution >= 0.6 is 34.8 Å². The summed E-state index contributed by atoms with van der Waals surface area (Å²) >= 11 is 17.7. The van der Waals surface area contributed by atoms with E-state index >= 15 is 0 Å². The van der Waals surface area contributed by atoms with Crippen LogP contribution in [0.4, 0.5) is 0 Å². The van der Waals surface area contributed by atoms with Crippen molar-refractivity contribution in [1.29, 1.82) is 0 Å². The smallest absolute Gasteiger partial charge is 0.174 e. The third-order valence-electron chi connectivity index (χ3n) is 1.94. The molecule has 0 fully saturated rings. The molecular formula is C9H7Cl3N4. The van der Waals surface area contributed by atoms with Crippen molar-refractivity contribution in [2.75, 3.05) is 0 Å². The number of nitrogens with zero attached hydrogens (tertiary/aromatic N) is 4. The molecular weight excluding hydrogens is 270 g/mol. The fourth-order valence-electron chi connectivity index (χ4n) is 1.29. The van der Waals surface area contributed by atoms with Crippen LogP contribution in [0.1, 0.15) is 18.1 Å². The van der Waals surface area contributed by atoms with Crippen molar-refractivity contribution in [1.82, 2.24) is 20.2 Å². The maximum Gasteiger partial charge on any atom is 0.174 e. The molecule has 0 spiro atoms. The molecule has 0 aliphatic heterocycles.